The van der Waals surface area contributed by atoms with Gasteiger partial charge in [-0.1, -0.05) is 0 Å². The number of aromatic nitrogens is 1. The second kappa shape index (κ2) is 1.73. The number of hydrogen-bond acceptors (Lipinski definition) is 1. The first-order valence-corrected chi connectivity index (χ1v) is 2.90. The van der Waals surface area contributed by atoms with Crippen molar-refractivity contribution in [2.24, 2.45) is 0 Å². The molecule has 0 fully saturated rings. The average Bonchev–Trinajstić information content (AvgIpc) is 1.91. The highest BCUT2D eigenvalue weighted by atomic mass is 127. The normalized spacial score (nSPS) is 9.29. The Kier molecular flexibility index (Phi) is 1.23. The zero-order valence-electron chi connectivity index (χ0n) is 3.48. The summed E-state index contributed by atoms with van der Waals surface area (Å²) in [4.78, 5) is 2.74. The minimum Gasteiger partial charge on any atom is -0.505 e. The van der Waals surface area contributed by atoms with E-state index in [1.807, 2.05) is 22.6 Å². The third-order valence-corrected chi connectivity index (χ3v) is 1.54. The van der Waals surface area contributed by atoms with Crippen molar-refractivity contribution in [3.05, 3.63) is 16.0 Å². The highest BCUT2D eigenvalue weighted by Gasteiger charge is 1.91. The van der Waals surface area contributed by atoms with E-state index in [-0.39, 0.29) is 0 Å². The lowest BCUT2D eigenvalue weighted by Gasteiger charge is -1.77. The van der Waals surface area contributed by atoms with E-state index in [4.69, 9.17) is 5.11 Å². The largest absolute Gasteiger partial charge is 0.505 e. The summed E-state index contributed by atoms with van der Waals surface area (Å²) in [6, 6.07) is 0. The molecule has 2 nitrogen and oxygen atoms in total. The predicted octanol–water partition coefficient (Wildman–Crippen LogP) is 1.32. The number of aromatic hydroxyl groups is 1. The molecule has 0 bridgehead atoms. The molecule has 0 aliphatic carbocycles. The van der Waals surface area contributed by atoms with Gasteiger partial charge in [-0.15, -0.1) is 0 Å². The summed E-state index contributed by atoms with van der Waals surface area (Å²) in [7, 11) is 0. The first-order chi connectivity index (χ1) is 3.30. The number of halogens is 1. The maximum atomic E-state index is 8.72. The van der Waals surface area contributed by atoms with Crippen molar-refractivity contribution in [2.45, 2.75) is 0 Å². The number of H-pyrrole nitrogens is 1. The molecule has 1 heterocycles. The summed E-state index contributed by atoms with van der Waals surface area (Å²) in [5.41, 5.74) is 0. The highest BCUT2D eigenvalue weighted by molar-refractivity contribution is 14.1. The molecule has 1 rings (SSSR count). The Morgan fingerprint density at radius 1 is 1.57 bits per heavy atom. The summed E-state index contributed by atoms with van der Waals surface area (Å²) in [6.07, 6.45) is 3.28. The van der Waals surface area contributed by atoms with E-state index in [0.29, 0.717) is 5.75 Å². The number of hydrogen-bond donors (Lipinski definition) is 2. The molecule has 0 aliphatic heterocycles. The van der Waals surface area contributed by atoms with E-state index in [2.05, 4.69) is 4.98 Å². The summed E-state index contributed by atoms with van der Waals surface area (Å²) in [5.74, 6) is 0.320. The Morgan fingerprint density at radius 3 is 2.43 bits per heavy atom. The third kappa shape index (κ3) is 0.876. The van der Waals surface area contributed by atoms with Crippen LogP contribution in [-0.2, 0) is 0 Å². The van der Waals surface area contributed by atoms with Gasteiger partial charge in [-0.05, 0) is 22.6 Å². The van der Waals surface area contributed by atoms with E-state index in [9.17, 15) is 0 Å². The fraction of sp³-hybridized carbons (Fsp3) is 0. The van der Waals surface area contributed by atoms with Gasteiger partial charge in [0.1, 0.15) is 5.75 Å². The van der Waals surface area contributed by atoms with Crippen molar-refractivity contribution < 1.29 is 5.11 Å². The van der Waals surface area contributed by atoms with E-state index >= 15 is 0 Å². The predicted molar refractivity (Wildman–Crippen MR) is 35.2 cm³/mol. The van der Waals surface area contributed by atoms with Gasteiger partial charge in [0.25, 0.3) is 0 Å². The monoisotopic (exact) mass is 209 g/mol. The zero-order chi connectivity index (χ0) is 5.28. The third-order valence-electron chi connectivity index (χ3n) is 0.675. The van der Waals surface area contributed by atoms with Crippen LogP contribution < -0.4 is 0 Å². The van der Waals surface area contributed by atoms with Crippen LogP contribution in [0.4, 0.5) is 0 Å². The Balaban J connectivity index is 3.12. The minimum atomic E-state index is 0.320. The van der Waals surface area contributed by atoms with Gasteiger partial charge in [0.15, 0.2) is 0 Å². The van der Waals surface area contributed by atoms with Crippen LogP contribution in [0.3, 0.4) is 0 Å². The molecule has 1 aromatic heterocycles. The van der Waals surface area contributed by atoms with Crippen molar-refractivity contribution in [3.63, 3.8) is 0 Å². The second-order valence-electron chi connectivity index (χ2n) is 1.19. The lowest BCUT2D eigenvalue weighted by atomic mass is 10.6. The van der Waals surface area contributed by atoms with Crippen molar-refractivity contribution in [1.82, 2.24) is 4.98 Å². The SMILES string of the molecule is Oc1c[nH]cc1I. The van der Waals surface area contributed by atoms with Gasteiger partial charge in [-0.25, -0.2) is 0 Å². The van der Waals surface area contributed by atoms with Crippen LogP contribution in [0.5, 0.6) is 5.75 Å². The fourth-order valence-electron chi connectivity index (χ4n) is 0.337. The number of nitrogens with one attached hydrogen (secondary N) is 1. The quantitative estimate of drug-likeness (QED) is 0.621. The van der Waals surface area contributed by atoms with Crippen LogP contribution in [0.15, 0.2) is 12.4 Å². The molecule has 0 spiro atoms. The molecular weight excluding hydrogens is 205 g/mol. The highest BCUT2D eigenvalue weighted by Crippen LogP contribution is 2.15. The molecule has 2 N–H and O–H groups in total. The van der Waals surface area contributed by atoms with E-state index in [1.165, 1.54) is 0 Å². The lowest BCUT2D eigenvalue weighted by Crippen LogP contribution is -1.55. The Morgan fingerprint density at radius 2 is 2.29 bits per heavy atom. The smallest absolute Gasteiger partial charge is 0.146 e. The van der Waals surface area contributed by atoms with Crippen LogP contribution in [0.2, 0.25) is 0 Å². The zero-order valence-corrected chi connectivity index (χ0v) is 5.64. The molecule has 1 aromatic rings. The maximum absolute atomic E-state index is 8.72. The van der Waals surface area contributed by atoms with E-state index in [0.717, 1.165) is 3.57 Å². The first kappa shape index (κ1) is 4.96. The summed E-state index contributed by atoms with van der Waals surface area (Å²) < 4.78 is 0.859. The topological polar surface area (TPSA) is 36.0 Å². The van der Waals surface area contributed by atoms with Crippen LogP contribution in [0.1, 0.15) is 0 Å². The standard InChI is InChI=1S/C4H4INO/c5-3-1-6-2-4(3)7/h1-2,6-7H. The first-order valence-electron chi connectivity index (χ1n) is 1.82. The maximum Gasteiger partial charge on any atom is 0.146 e. The molecule has 7 heavy (non-hydrogen) atoms. The molecule has 3 heteroatoms. The van der Waals surface area contributed by atoms with Gasteiger partial charge in [0.05, 0.1) is 3.57 Å². The molecular formula is C4H4INO. The molecule has 0 saturated carbocycles. The Hall–Kier alpha value is -0.190. The second-order valence-corrected chi connectivity index (χ2v) is 2.35. The molecule has 0 aromatic carbocycles. The Bertz CT molecular complexity index is 144. The van der Waals surface area contributed by atoms with Crippen molar-refractivity contribution in [1.29, 1.82) is 0 Å². The van der Waals surface area contributed by atoms with Gasteiger partial charge in [0.2, 0.25) is 0 Å². The molecule has 0 atom stereocenters. The molecule has 38 valence electrons. The molecule has 0 amide bonds. The summed E-state index contributed by atoms with van der Waals surface area (Å²) >= 11 is 2.04. The molecule has 0 aliphatic rings. The summed E-state index contributed by atoms with van der Waals surface area (Å²) in [6.45, 7) is 0. The van der Waals surface area contributed by atoms with Gasteiger partial charge < -0.3 is 10.1 Å². The van der Waals surface area contributed by atoms with Crippen molar-refractivity contribution in [3.8, 4) is 5.75 Å². The van der Waals surface area contributed by atoms with Crippen molar-refractivity contribution in [2.75, 3.05) is 0 Å². The van der Waals surface area contributed by atoms with Gasteiger partial charge in [-0.3, -0.25) is 0 Å². The number of rotatable bonds is 0. The van der Waals surface area contributed by atoms with Crippen LogP contribution in [-0.4, -0.2) is 10.1 Å². The van der Waals surface area contributed by atoms with Crippen LogP contribution in [0, 0.1) is 3.57 Å². The average molecular weight is 209 g/mol. The van der Waals surface area contributed by atoms with Gasteiger partial charge in [0, 0.05) is 12.4 Å². The van der Waals surface area contributed by atoms with E-state index in [1.54, 1.807) is 12.4 Å². The van der Waals surface area contributed by atoms with E-state index < -0.39 is 0 Å². The van der Waals surface area contributed by atoms with Crippen LogP contribution in [0.25, 0.3) is 0 Å². The number of aromatic amines is 1. The van der Waals surface area contributed by atoms with Crippen molar-refractivity contribution >= 4 is 22.6 Å². The van der Waals surface area contributed by atoms with Gasteiger partial charge >= 0.3 is 0 Å². The molecule has 0 radical (unpaired) electrons. The minimum absolute atomic E-state index is 0.320. The molecule has 0 unspecified atom stereocenters. The Labute approximate surface area is 54.7 Å². The lowest BCUT2D eigenvalue weighted by molar-refractivity contribution is 0.473. The van der Waals surface area contributed by atoms with Crippen LogP contribution >= 0.6 is 22.6 Å². The fourth-order valence-corrected chi connectivity index (χ4v) is 0.672. The van der Waals surface area contributed by atoms with Gasteiger partial charge in [-0.2, -0.15) is 0 Å². The summed E-state index contributed by atoms with van der Waals surface area (Å²) in [5, 5.41) is 8.72. The molecule has 0 saturated heterocycles.